The molecule has 4 nitrogen and oxygen atoms in total. The average Bonchev–Trinajstić information content (AvgIpc) is 2.94. The summed E-state index contributed by atoms with van der Waals surface area (Å²) in [6.45, 7) is 4.38. The van der Waals surface area contributed by atoms with E-state index in [0.717, 1.165) is 38.5 Å². The van der Waals surface area contributed by atoms with Crippen molar-refractivity contribution < 1.29 is 19.4 Å². The fourth-order valence-corrected chi connectivity index (χ4v) is 5.33. The van der Waals surface area contributed by atoms with Crippen molar-refractivity contribution in [3.05, 3.63) is 12.2 Å². The van der Waals surface area contributed by atoms with Crippen molar-refractivity contribution in [3.8, 4) is 0 Å². The lowest BCUT2D eigenvalue weighted by atomic mass is 10.0. The molecule has 0 saturated heterocycles. The van der Waals surface area contributed by atoms with Gasteiger partial charge in [-0.15, -0.1) is 0 Å². The fraction of sp³-hybridized carbons (Fsp3) is 0.889. The lowest BCUT2D eigenvalue weighted by Crippen LogP contribution is -2.17. The van der Waals surface area contributed by atoms with Gasteiger partial charge in [-0.3, -0.25) is 9.59 Å². The molecule has 0 aromatic rings. The molecule has 0 amide bonds. The summed E-state index contributed by atoms with van der Waals surface area (Å²) in [6.07, 6.45) is 38.8. The molecule has 0 radical (unpaired) electrons. The van der Waals surface area contributed by atoms with Crippen molar-refractivity contribution >= 4 is 11.9 Å². The highest BCUT2D eigenvalue weighted by Crippen LogP contribution is 2.17. The molecular formula is C36H68O4. The van der Waals surface area contributed by atoms with Crippen molar-refractivity contribution in [2.24, 2.45) is 0 Å². The van der Waals surface area contributed by atoms with Gasteiger partial charge >= 0.3 is 11.9 Å². The molecule has 0 spiro atoms. The summed E-state index contributed by atoms with van der Waals surface area (Å²) in [5.41, 5.74) is 0. The lowest BCUT2D eigenvalue weighted by molar-refractivity contribution is -0.149. The maximum Gasteiger partial charge on any atom is 0.306 e. The van der Waals surface area contributed by atoms with Crippen LogP contribution in [0.5, 0.6) is 0 Å². The minimum atomic E-state index is -0.664. The minimum Gasteiger partial charge on any atom is -0.481 e. The van der Waals surface area contributed by atoms with Crippen molar-refractivity contribution in [3.63, 3.8) is 0 Å². The topological polar surface area (TPSA) is 63.6 Å². The van der Waals surface area contributed by atoms with Crippen molar-refractivity contribution in [1.29, 1.82) is 0 Å². The number of carbonyl (C=O) groups excluding carboxylic acids is 1. The first-order valence-corrected chi connectivity index (χ1v) is 17.7. The molecule has 0 saturated carbocycles. The summed E-state index contributed by atoms with van der Waals surface area (Å²) < 4.78 is 5.76. The Balaban J connectivity index is 3.40. The first kappa shape index (κ1) is 38.7. The van der Waals surface area contributed by atoms with Crippen molar-refractivity contribution in [2.45, 2.75) is 206 Å². The molecular weight excluding hydrogens is 496 g/mol. The first-order chi connectivity index (χ1) is 19.6. The van der Waals surface area contributed by atoms with E-state index in [1.165, 1.54) is 135 Å². The predicted molar refractivity (Wildman–Crippen MR) is 172 cm³/mol. The van der Waals surface area contributed by atoms with Gasteiger partial charge in [0, 0.05) is 12.8 Å². The van der Waals surface area contributed by atoms with Crippen LogP contribution < -0.4 is 0 Å². The first-order valence-electron chi connectivity index (χ1n) is 17.7. The second-order valence-electron chi connectivity index (χ2n) is 12.0. The molecule has 4 heteroatoms. The number of hydrogen-bond acceptors (Lipinski definition) is 3. The van der Waals surface area contributed by atoms with E-state index in [-0.39, 0.29) is 12.1 Å². The number of rotatable bonds is 32. The Morgan fingerprint density at radius 2 is 0.950 bits per heavy atom. The zero-order chi connectivity index (χ0) is 29.4. The van der Waals surface area contributed by atoms with Gasteiger partial charge in [-0.2, -0.15) is 0 Å². The van der Waals surface area contributed by atoms with E-state index < -0.39 is 5.97 Å². The Kier molecular flexibility index (Phi) is 31.1. The van der Waals surface area contributed by atoms with Crippen LogP contribution in [0.4, 0.5) is 0 Å². The second-order valence-corrected chi connectivity index (χ2v) is 12.0. The standard InChI is InChI=1S/C36H68O4/c1-3-5-6-7-8-9-16-21-24-27-30-33-36(39)40-34(4-2)31-28-25-22-19-17-14-12-10-11-13-15-18-20-23-26-29-32-35(37)38/h7-8,34H,3-6,9-33H2,1-2H3,(H,37,38)/b8-7-. The zero-order valence-corrected chi connectivity index (χ0v) is 26.9. The van der Waals surface area contributed by atoms with E-state index in [9.17, 15) is 9.59 Å². The van der Waals surface area contributed by atoms with Crippen LogP contribution in [-0.2, 0) is 14.3 Å². The Bertz CT molecular complexity index is 571. The molecule has 0 fully saturated rings. The van der Waals surface area contributed by atoms with Gasteiger partial charge < -0.3 is 9.84 Å². The summed E-state index contributed by atoms with van der Waals surface area (Å²) in [5.74, 6) is -0.651. The van der Waals surface area contributed by atoms with Crippen LogP contribution in [0.3, 0.4) is 0 Å². The third-order valence-electron chi connectivity index (χ3n) is 8.06. The second kappa shape index (κ2) is 32.2. The van der Waals surface area contributed by atoms with Crippen LogP contribution >= 0.6 is 0 Å². The van der Waals surface area contributed by atoms with Gasteiger partial charge in [-0.05, 0) is 51.4 Å². The maximum atomic E-state index is 12.2. The van der Waals surface area contributed by atoms with E-state index in [0.29, 0.717) is 12.8 Å². The molecule has 1 N–H and O–H groups in total. The fourth-order valence-electron chi connectivity index (χ4n) is 5.33. The summed E-state index contributed by atoms with van der Waals surface area (Å²) in [4.78, 5) is 22.7. The number of carboxylic acid groups (broad SMARTS) is 1. The molecule has 0 aromatic heterocycles. The van der Waals surface area contributed by atoms with Gasteiger partial charge in [0.25, 0.3) is 0 Å². The van der Waals surface area contributed by atoms with E-state index in [1.807, 2.05) is 0 Å². The predicted octanol–water partition coefficient (Wildman–Crippen LogP) is 11.9. The van der Waals surface area contributed by atoms with Crippen molar-refractivity contribution in [1.82, 2.24) is 0 Å². The summed E-state index contributed by atoms with van der Waals surface area (Å²) in [7, 11) is 0. The summed E-state index contributed by atoms with van der Waals surface area (Å²) in [6, 6.07) is 0. The van der Waals surface area contributed by atoms with Gasteiger partial charge in [0.1, 0.15) is 6.10 Å². The van der Waals surface area contributed by atoms with Gasteiger partial charge in [-0.1, -0.05) is 148 Å². The average molecular weight is 565 g/mol. The van der Waals surface area contributed by atoms with E-state index in [2.05, 4.69) is 26.0 Å². The molecule has 1 atom stereocenters. The zero-order valence-electron chi connectivity index (χ0n) is 26.9. The Morgan fingerprint density at radius 1 is 0.550 bits per heavy atom. The van der Waals surface area contributed by atoms with Crippen LogP contribution in [0, 0.1) is 0 Å². The molecule has 0 rings (SSSR count). The van der Waals surface area contributed by atoms with Gasteiger partial charge in [0.05, 0.1) is 0 Å². The molecule has 1 unspecified atom stereocenters. The Morgan fingerprint density at radius 3 is 1.40 bits per heavy atom. The number of carbonyl (C=O) groups is 2. The summed E-state index contributed by atoms with van der Waals surface area (Å²) in [5, 5.41) is 8.64. The smallest absolute Gasteiger partial charge is 0.306 e. The van der Waals surface area contributed by atoms with E-state index in [1.54, 1.807) is 0 Å². The molecule has 0 heterocycles. The molecule has 0 aliphatic rings. The third-order valence-corrected chi connectivity index (χ3v) is 8.06. The summed E-state index contributed by atoms with van der Waals surface area (Å²) >= 11 is 0. The van der Waals surface area contributed by atoms with Gasteiger partial charge in [-0.25, -0.2) is 0 Å². The van der Waals surface area contributed by atoms with Gasteiger partial charge in [0.15, 0.2) is 0 Å². The molecule has 236 valence electrons. The number of carboxylic acids is 1. The highest BCUT2D eigenvalue weighted by Gasteiger charge is 2.12. The highest BCUT2D eigenvalue weighted by atomic mass is 16.5. The maximum absolute atomic E-state index is 12.2. The van der Waals surface area contributed by atoms with E-state index >= 15 is 0 Å². The molecule has 0 aromatic carbocycles. The molecule has 0 aliphatic carbocycles. The van der Waals surface area contributed by atoms with Crippen LogP contribution in [-0.4, -0.2) is 23.1 Å². The quantitative estimate of drug-likeness (QED) is 0.0501. The van der Waals surface area contributed by atoms with Crippen molar-refractivity contribution in [2.75, 3.05) is 0 Å². The largest absolute Gasteiger partial charge is 0.481 e. The molecule has 40 heavy (non-hydrogen) atoms. The third kappa shape index (κ3) is 31.2. The van der Waals surface area contributed by atoms with Crippen LogP contribution in [0.25, 0.3) is 0 Å². The number of allylic oxidation sites excluding steroid dienone is 2. The normalized spacial score (nSPS) is 12.2. The number of aliphatic carboxylic acids is 1. The number of unbranched alkanes of at least 4 members (excludes halogenated alkanes) is 22. The van der Waals surface area contributed by atoms with Crippen LogP contribution in [0.15, 0.2) is 12.2 Å². The SMILES string of the molecule is CCCC/C=C\CCCCCCCC(=O)OC(CC)CCCCCCCCCCCCCCCCCCC(=O)O. The Hall–Kier alpha value is -1.32. The number of hydrogen-bond donors (Lipinski definition) is 1. The van der Waals surface area contributed by atoms with Crippen LogP contribution in [0.2, 0.25) is 0 Å². The van der Waals surface area contributed by atoms with Gasteiger partial charge in [0.2, 0.25) is 0 Å². The number of ether oxygens (including phenoxy) is 1. The Labute approximate surface area is 249 Å². The highest BCUT2D eigenvalue weighted by molar-refractivity contribution is 5.69. The van der Waals surface area contributed by atoms with E-state index in [4.69, 9.17) is 9.84 Å². The number of esters is 1. The minimum absolute atomic E-state index is 0.0127. The molecule has 0 aliphatic heterocycles. The van der Waals surface area contributed by atoms with Crippen LogP contribution in [0.1, 0.15) is 200 Å². The molecule has 0 bridgehead atoms. The monoisotopic (exact) mass is 565 g/mol. The lowest BCUT2D eigenvalue weighted by Gasteiger charge is -2.16.